The van der Waals surface area contributed by atoms with Crippen LogP contribution in [0.4, 0.5) is 0 Å². The first-order valence-corrected chi connectivity index (χ1v) is 11.8. The number of benzene rings is 1. The van der Waals surface area contributed by atoms with E-state index in [0.717, 1.165) is 56.9 Å². The van der Waals surface area contributed by atoms with E-state index < -0.39 is 5.60 Å². The highest BCUT2D eigenvalue weighted by Crippen LogP contribution is 2.58. The van der Waals surface area contributed by atoms with E-state index in [0.29, 0.717) is 12.0 Å². The number of methoxy groups -OCH3 is 1. The molecule has 3 aliphatic carbocycles. The first-order valence-electron chi connectivity index (χ1n) is 11.8. The van der Waals surface area contributed by atoms with E-state index in [1.54, 1.807) is 7.11 Å². The molecule has 1 heterocycles. The van der Waals surface area contributed by atoms with Crippen LogP contribution in [0.25, 0.3) is 0 Å². The minimum Gasteiger partial charge on any atom is -0.497 e. The van der Waals surface area contributed by atoms with Crippen LogP contribution in [-0.2, 0) is 11.8 Å². The largest absolute Gasteiger partial charge is 0.497 e. The van der Waals surface area contributed by atoms with Crippen LogP contribution in [0.3, 0.4) is 0 Å². The van der Waals surface area contributed by atoms with Gasteiger partial charge in [-0.3, -0.25) is 4.90 Å². The Balaban J connectivity index is 1.52. The first-order chi connectivity index (χ1) is 13.9. The fourth-order valence-corrected chi connectivity index (χ4v) is 6.64. The molecule has 4 heteroatoms. The lowest BCUT2D eigenvalue weighted by atomic mass is 9.49. The summed E-state index contributed by atoms with van der Waals surface area (Å²) >= 11 is 0. The van der Waals surface area contributed by atoms with Crippen molar-refractivity contribution in [2.45, 2.75) is 81.9 Å². The number of likely N-dealkylation sites (tertiary alicyclic amines) is 1. The summed E-state index contributed by atoms with van der Waals surface area (Å²) in [6, 6.07) is 7.30. The summed E-state index contributed by atoms with van der Waals surface area (Å²) in [5.41, 5.74) is 2.06. The maximum absolute atomic E-state index is 12.5. The van der Waals surface area contributed by atoms with Crippen molar-refractivity contribution < 1.29 is 9.84 Å². The minimum absolute atomic E-state index is 0.115. The predicted octanol–water partition coefficient (Wildman–Crippen LogP) is 3.50. The van der Waals surface area contributed by atoms with Gasteiger partial charge in [0.2, 0.25) is 0 Å². The molecule has 3 fully saturated rings. The first kappa shape index (κ1) is 19.8. The number of nitrogens with one attached hydrogen (secondary N) is 1. The van der Waals surface area contributed by atoms with E-state index in [9.17, 15) is 5.11 Å². The molecule has 1 saturated heterocycles. The van der Waals surface area contributed by atoms with E-state index in [1.165, 1.54) is 30.5 Å². The fraction of sp³-hybridized carbons (Fsp3) is 0.760. The molecule has 1 aromatic carbocycles. The summed E-state index contributed by atoms with van der Waals surface area (Å²) < 4.78 is 5.59. The van der Waals surface area contributed by atoms with E-state index in [2.05, 4.69) is 42.3 Å². The van der Waals surface area contributed by atoms with Crippen LogP contribution >= 0.6 is 0 Å². The Hall–Kier alpha value is -1.10. The molecule has 1 aromatic rings. The Kier molecular flexibility index (Phi) is 4.96. The van der Waals surface area contributed by atoms with Crippen LogP contribution in [0.1, 0.15) is 63.5 Å². The summed E-state index contributed by atoms with van der Waals surface area (Å²) in [4.78, 5) is 2.66. The van der Waals surface area contributed by atoms with Crippen molar-refractivity contribution >= 4 is 0 Å². The average Bonchev–Trinajstić information content (AvgIpc) is 3.52. The van der Waals surface area contributed by atoms with Gasteiger partial charge in [0, 0.05) is 24.0 Å². The molecule has 2 N–H and O–H groups in total. The maximum atomic E-state index is 12.5. The fourth-order valence-electron chi connectivity index (χ4n) is 6.64. The second-order valence-electron chi connectivity index (χ2n) is 10.7. The van der Waals surface area contributed by atoms with Crippen LogP contribution in [0.15, 0.2) is 18.2 Å². The van der Waals surface area contributed by atoms with Crippen molar-refractivity contribution in [1.82, 2.24) is 10.2 Å². The van der Waals surface area contributed by atoms with Gasteiger partial charge in [0.05, 0.1) is 12.7 Å². The lowest BCUT2D eigenvalue weighted by molar-refractivity contribution is -0.172. The zero-order valence-electron chi connectivity index (χ0n) is 18.4. The monoisotopic (exact) mass is 398 g/mol. The second kappa shape index (κ2) is 7.25. The molecule has 4 atom stereocenters. The number of piperidine rings is 1. The summed E-state index contributed by atoms with van der Waals surface area (Å²) in [5, 5.41) is 16.3. The maximum Gasteiger partial charge on any atom is 0.119 e. The molecule has 4 unspecified atom stereocenters. The molecular weight excluding hydrogens is 360 g/mol. The number of rotatable bonds is 6. The van der Waals surface area contributed by atoms with Gasteiger partial charge >= 0.3 is 0 Å². The van der Waals surface area contributed by atoms with Crippen LogP contribution < -0.4 is 10.1 Å². The Morgan fingerprint density at radius 3 is 2.79 bits per heavy atom. The van der Waals surface area contributed by atoms with Gasteiger partial charge in [-0.15, -0.1) is 0 Å². The third kappa shape index (κ3) is 3.23. The van der Waals surface area contributed by atoms with Crippen LogP contribution in [0.2, 0.25) is 0 Å². The zero-order chi connectivity index (χ0) is 20.2. The molecule has 0 radical (unpaired) electrons. The van der Waals surface area contributed by atoms with Gasteiger partial charge < -0.3 is 15.2 Å². The van der Waals surface area contributed by atoms with Crippen molar-refractivity contribution in [2.24, 2.45) is 11.8 Å². The van der Waals surface area contributed by atoms with Gasteiger partial charge in [-0.1, -0.05) is 19.9 Å². The van der Waals surface area contributed by atoms with Crippen LogP contribution in [0.5, 0.6) is 5.75 Å². The van der Waals surface area contributed by atoms with Gasteiger partial charge in [0.25, 0.3) is 0 Å². The lowest BCUT2D eigenvalue weighted by Gasteiger charge is -2.65. The van der Waals surface area contributed by atoms with Crippen molar-refractivity contribution in [3.05, 3.63) is 29.3 Å². The normalized spacial score (nSPS) is 36.6. The third-order valence-electron chi connectivity index (χ3n) is 8.37. The van der Waals surface area contributed by atoms with Gasteiger partial charge in [0.15, 0.2) is 0 Å². The number of hydrogen-bond acceptors (Lipinski definition) is 4. The lowest BCUT2D eigenvalue weighted by Crippen LogP contribution is -2.74. The number of ether oxygens (including phenoxy) is 1. The molecule has 4 nitrogen and oxygen atoms in total. The summed E-state index contributed by atoms with van der Waals surface area (Å²) in [6.45, 7) is 7.88. The SMILES string of the molecule is COc1ccc2c(c1)C13CCC(NCC(C)C)CC1(O)C(C2)N(CC1CC1)CC3. The molecule has 0 aromatic heterocycles. The highest BCUT2D eigenvalue weighted by Gasteiger charge is 2.64. The van der Waals surface area contributed by atoms with E-state index >= 15 is 0 Å². The Morgan fingerprint density at radius 2 is 2.07 bits per heavy atom. The molecule has 2 saturated carbocycles. The van der Waals surface area contributed by atoms with Crippen LogP contribution in [0, 0.1) is 11.8 Å². The quantitative estimate of drug-likeness (QED) is 0.770. The van der Waals surface area contributed by atoms with Crippen molar-refractivity contribution in [3.63, 3.8) is 0 Å². The standard InChI is InChI=1S/C25H38N2O2/c1-17(2)15-26-20-8-9-24-10-11-27(16-18-4-5-18)23(25(24,28)14-20)12-19-6-7-21(29-3)13-22(19)24/h6-7,13,17-18,20,23,26,28H,4-5,8-12,14-16H2,1-3H3. The molecule has 29 heavy (non-hydrogen) atoms. The molecule has 160 valence electrons. The van der Waals surface area contributed by atoms with Crippen molar-refractivity contribution in [2.75, 3.05) is 26.7 Å². The number of nitrogens with zero attached hydrogens (tertiary/aromatic N) is 1. The number of fused-ring (bicyclic) bond motifs is 1. The van der Waals surface area contributed by atoms with Crippen LogP contribution in [-0.4, -0.2) is 54.4 Å². The molecular formula is C25H38N2O2. The number of hydrogen-bond donors (Lipinski definition) is 2. The predicted molar refractivity (Wildman–Crippen MR) is 117 cm³/mol. The van der Waals surface area contributed by atoms with E-state index in [4.69, 9.17) is 4.74 Å². The molecule has 0 amide bonds. The summed E-state index contributed by atoms with van der Waals surface area (Å²) in [7, 11) is 1.75. The van der Waals surface area contributed by atoms with Crippen molar-refractivity contribution in [1.29, 1.82) is 0 Å². The van der Waals surface area contributed by atoms with Gasteiger partial charge in [0.1, 0.15) is 5.75 Å². The molecule has 1 aliphatic heterocycles. The molecule has 5 rings (SSSR count). The van der Waals surface area contributed by atoms with E-state index in [1.807, 2.05) is 0 Å². The summed E-state index contributed by atoms with van der Waals surface area (Å²) in [6.07, 6.45) is 7.90. The highest BCUT2D eigenvalue weighted by molar-refractivity contribution is 5.48. The molecule has 0 spiro atoms. The van der Waals surface area contributed by atoms with E-state index in [-0.39, 0.29) is 11.5 Å². The van der Waals surface area contributed by atoms with Gasteiger partial charge in [-0.2, -0.15) is 0 Å². The van der Waals surface area contributed by atoms with Crippen molar-refractivity contribution in [3.8, 4) is 5.75 Å². The smallest absolute Gasteiger partial charge is 0.119 e. The van der Waals surface area contributed by atoms with Gasteiger partial charge in [-0.25, -0.2) is 0 Å². The minimum atomic E-state index is -0.646. The topological polar surface area (TPSA) is 44.7 Å². The van der Waals surface area contributed by atoms with Gasteiger partial charge in [-0.05, 0) is 93.1 Å². The molecule has 4 aliphatic rings. The average molecular weight is 399 g/mol. The highest BCUT2D eigenvalue weighted by atomic mass is 16.5. The third-order valence-corrected chi connectivity index (χ3v) is 8.37. The Labute approximate surface area is 176 Å². The Bertz CT molecular complexity index is 761. The zero-order valence-corrected chi connectivity index (χ0v) is 18.4. The second-order valence-corrected chi connectivity index (χ2v) is 10.7. The Morgan fingerprint density at radius 1 is 1.24 bits per heavy atom. The number of aliphatic hydroxyl groups is 1. The molecule has 2 bridgehead atoms. The summed E-state index contributed by atoms with van der Waals surface area (Å²) in [5.74, 6) is 2.43.